The van der Waals surface area contributed by atoms with Crippen molar-refractivity contribution in [3.05, 3.63) is 134 Å². The van der Waals surface area contributed by atoms with Crippen molar-refractivity contribution in [1.29, 1.82) is 0 Å². The van der Waals surface area contributed by atoms with Crippen molar-refractivity contribution in [2.45, 2.75) is 26.7 Å². The number of carbonyl (C=O) groups excluding carboxylic acids is 1. The van der Waals surface area contributed by atoms with Gasteiger partial charge in [0.2, 0.25) is 0 Å². The van der Waals surface area contributed by atoms with Crippen LogP contribution in [0.4, 0.5) is 0 Å². The van der Waals surface area contributed by atoms with E-state index in [1.807, 2.05) is 80.6 Å². The summed E-state index contributed by atoms with van der Waals surface area (Å²) in [5.74, 6) is -0.844. The molecule has 0 saturated heterocycles. The average Bonchev–Trinajstić information content (AvgIpc) is 3.35. The van der Waals surface area contributed by atoms with Gasteiger partial charge >= 0.3 is 5.97 Å². The maximum absolute atomic E-state index is 13.9. The van der Waals surface area contributed by atoms with Gasteiger partial charge in [0, 0.05) is 24.2 Å². The van der Waals surface area contributed by atoms with E-state index >= 15 is 0 Å². The summed E-state index contributed by atoms with van der Waals surface area (Å²) in [7, 11) is 0. The summed E-state index contributed by atoms with van der Waals surface area (Å²) in [4.78, 5) is 39.4. The predicted molar refractivity (Wildman–Crippen MR) is 141 cm³/mol. The SMILES string of the molecule is CC(=O)Oc1cccc(C(c2c(C)[nH]n(-c3ccccc3)c2=O)c2c(C)[nH]n(-c3ccccc3)c2=O)c1. The van der Waals surface area contributed by atoms with Crippen LogP contribution in [0.1, 0.15) is 40.9 Å². The van der Waals surface area contributed by atoms with Crippen LogP contribution in [-0.4, -0.2) is 25.5 Å². The molecule has 2 heterocycles. The third-order valence-electron chi connectivity index (χ3n) is 6.29. The lowest BCUT2D eigenvalue weighted by molar-refractivity contribution is -0.131. The molecule has 0 spiro atoms. The molecule has 0 unspecified atom stereocenters. The summed E-state index contributed by atoms with van der Waals surface area (Å²) in [6, 6.07) is 25.5. The lowest BCUT2D eigenvalue weighted by atomic mass is 9.85. The van der Waals surface area contributed by atoms with Crippen LogP contribution in [0, 0.1) is 13.8 Å². The molecular formula is C29H26N4O4. The number of aromatic nitrogens is 4. The number of rotatable bonds is 6. The van der Waals surface area contributed by atoms with Crippen molar-refractivity contribution in [2.75, 3.05) is 0 Å². The number of ether oxygens (including phenoxy) is 1. The highest BCUT2D eigenvalue weighted by molar-refractivity contribution is 5.69. The van der Waals surface area contributed by atoms with E-state index in [0.29, 0.717) is 45.2 Å². The highest BCUT2D eigenvalue weighted by Crippen LogP contribution is 2.34. The van der Waals surface area contributed by atoms with E-state index in [2.05, 4.69) is 10.2 Å². The second-order valence-corrected chi connectivity index (χ2v) is 8.85. The van der Waals surface area contributed by atoms with Gasteiger partial charge in [-0.25, -0.2) is 9.36 Å². The van der Waals surface area contributed by atoms with Crippen molar-refractivity contribution in [3.8, 4) is 17.1 Å². The van der Waals surface area contributed by atoms with Crippen molar-refractivity contribution in [2.24, 2.45) is 0 Å². The molecule has 37 heavy (non-hydrogen) atoms. The van der Waals surface area contributed by atoms with E-state index < -0.39 is 11.9 Å². The minimum absolute atomic E-state index is 0.266. The van der Waals surface area contributed by atoms with Crippen LogP contribution in [0.25, 0.3) is 11.4 Å². The number of benzene rings is 3. The summed E-state index contributed by atoms with van der Waals surface area (Å²) in [5, 5.41) is 6.35. The van der Waals surface area contributed by atoms with Gasteiger partial charge in [0.1, 0.15) is 5.75 Å². The number of para-hydroxylation sites is 2. The van der Waals surface area contributed by atoms with Gasteiger partial charge in [0.25, 0.3) is 11.1 Å². The van der Waals surface area contributed by atoms with Gasteiger partial charge in [0.05, 0.1) is 22.5 Å². The molecule has 0 amide bonds. The largest absolute Gasteiger partial charge is 0.427 e. The molecule has 0 aliphatic heterocycles. The number of nitrogens with one attached hydrogen (secondary N) is 2. The highest BCUT2D eigenvalue weighted by atomic mass is 16.5. The van der Waals surface area contributed by atoms with Crippen molar-refractivity contribution >= 4 is 5.97 Å². The Labute approximate surface area is 212 Å². The Morgan fingerprint density at radius 3 is 1.68 bits per heavy atom. The van der Waals surface area contributed by atoms with Gasteiger partial charge < -0.3 is 4.74 Å². The molecule has 8 heteroatoms. The highest BCUT2D eigenvalue weighted by Gasteiger charge is 2.31. The minimum atomic E-state index is -0.724. The summed E-state index contributed by atoms with van der Waals surface area (Å²) < 4.78 is 8.28. The van der Waals surface area contributed by atoms with Crippen molar-refractivity contribution < 1.29 is 9.53 Å². The van der Waals surface area contributed by atoms with E-state index in [-0.39, 0.29) is 11.1 Å². The third kappa shape index (κ3) is 4.45. The maximum atomic E-state index is 13.9. The quantitative estimate of drug-likeness (QED) is 0.270. The second kappa shape index (κ2) is 9.66. The van der Waals surface area contributed by atoms with Crippen LogP contribution in [-0.2, 0) is 4.79 Å². The Morgan fingerprint density at radius 2 is 1.22 bits per heavy atom. The molecule has 0 atom stereocenters. The van der Waals surface area contributed by atoms with Crippen LogP contribution in [0.15, 0.2) is 94.5 Å². The van der Waals surface area contributed by atoms with Crippen LogP contribution in [0.2, 0.25) is 0 Å². The van der Waals surface area contributed by atoms with Gasteiger partial charge in [0.15, 0.2) is 0 Å². The van der Waals surface area contributed by atoms with Crippen molar-refractivity contribution in [1.82, 2.24) is 19.6 Å². The van der Waals surface area contributed by atoms with Gasteiger partial charge in [-0.3, -0.25) is 24.6 Å². The van der Waals surface area contributed by atoms with E-state index in [1.165, 1.54) is 16.3 Å². The van der Waals surface area contributed by atoms with Crippen LogP contribution < -0.4 is 15.9 Å². The van der Waals surface area contributed by atoms with Gasteiger partial charge in [-0.15, -0.1) is 0 Å². The summed E-state index contributed by atoms with van der Waals surface area (Å²) in [6.07, 6.45) is 0. The minimum Gasteiger partial charge on any atom is -0.427 e. The molecule has 2 aromatic heterocycles. The standard InChI is InChI=1S/C29H26N4O4/c1-18-25(28(35)32(30-18)22-12-6-4-7-13-22)27(21-11-10-16-24(17-21)37-20(3)34)26-19(2)31-33(29(26)36)23-14-8-5-9-15-23/h4-17,27,30-31H,1-3H3. The van der Waals surface area contributed by atoms with E-state index in [4.69, 9.17) is 4.74 Å². The van der Waals surface area contributed by atoms with Gasteiger partial charge in [-0.1, -0.05) is 48.5 Å². The molecule has 0 aliphatic rings. The smallest absolute Gasteiger partial charge is 0.308 e. The Balaban J connectivity index is 1.77. The Bertz CT molecular complexity index is 1590. The first-order valence-corrected chi connectivity index (χ1v) is 11.9. The second-order valence-electron chi connectivity index (χ2n) is 8.85. The van der Waals surface area contributed by atoms with E-state index in [0.717, 1.165) is 0 Å². The predicted octanol–water partition coefficient (Wildman–Crippen LogP) is 4.37. The molecule has 0 radical (unpaired) electrons. The Kier molecular flexibility index (Phi) is 6.23. The number of H-pyrrole nitrogens is 2. The first kappa shape index (κ1) is 23.9. The fourth-order valence-corrected chi connectivity index (χ4v) is 4.72. The molecule has 5 rings (SSSR count). The molecule has 0 bridgehead atoms. The van der Waals surface area contributed by atoms with Crippen molar-refractivity contribution in [3.63, 3.8) is 0 Å². The molecule has 3 aromatic carbocycles. The summed E-state index contributed by atoms with van der Waals surface area (Å²) in [6.45, 7) is 4.96. The van der Waals surface area contributed by atoms with Gasteiger partial charge in [-0.2, -0.15) is 0 Å². The Hall–Kier alpha value is -4.85. The fraction of sp³-hybridized carbons (Fsp3) is 0.138. The van der Waals surface area contributed by atoms with Crippen LogP contribution >= 0.6 is 0 Å². The maximum Gasteiger partial charge on any atom is 0.308 e. The first-order valence-electron chi connectivity index (χ1n) is 11.9. The monoisotopic (exact) mass is 494 g/mol. The number of esters is 1. The number of carbonyl (C=O) groups is 1. The zero-order valence-corrected chi connectivity index (χ0v) is 20.7. The first-order chi connectivity index (χ1) is 17.8. The summed E-state index contributed by atoms with van der Waals surface area (Å²) in [5.41, 5.74) is 3.61. The number of nitrogens with zero attached hydrogens (tertiary/aromatic N) is 2. The Morgan fingerprint density at radius 1 is 0.730 bits per heavy atom. The number of aryl methyl sites for hydroxylation is 2. The average molecular weight is 495 g/mol. The molecule has 186 valence electrons. The van der Waals surface area contributed by atoms with Gasteiger partial charge in [-0.05, 0) is 55.8 Å². The van der Waals surface area contributed by atoms with Crippen LogP contribution in [0.3, 0.4) is 0 Å². The molecule has 2 N–H and O–H groups in total. The van der Waals surface area contributed by atoms with E-state index in [1.54, 1.807) is 18.2 Å². The zero-order chi connectivity index (χ0) is 26.1. The lowest BCUT2D eigenvalue weighted by Gasteiger charge is -2.16. The van der Waals surface area contributed by atoms with Crippen LogP contribution in [0.5, 0.6) is 5.75 Å². The molecular weight excluding hydrogens is 468 g/mol. The molecule has 5 aromatic rings. The molecule has 0 fully saturated rings. The normalized spacial score (nSPS) is 11.1. The molecule has 0 saturated carbocycles. The number of aromatic amines is 2. The third-order valence-corrected chi connectivity index (χ3v) is 6.29. The fourth-order valence-electron chi connectivity index (χ4n) is 4.72. The zero-order valence-electron chi connectivity index (χ0n) is 20.7. The topological polar surface area (TPSA) is 102 Å². The number of hydrogen-bond donors (Lipinski definition) is 2. The molecule has 0 aliphatic carbocycles. The van der Waals surface area contributed by atoms with E-state index in [9.17, 15) is 14.4 Å². The number of hydrogen-bond acceptors (Lipinski definition) is 4. The lowest BCUT2D eigenvalue weighted by Crippen LogP contribution is -2.25. The molecule has 8 nitrogen and oxygen atoms in total. The summed E-state index contributed by atoms with van der Waals surface area (Å²) >= 11 is 0.